The number of halogens is 1. The zero-order valence-electron chi connectivity index (χ0n) is 12.0. The summed E-state index contributed by atoms with van der Waals surface area (Å²) in [6.45, 7) is 0. The number of benzene rings is 1. The number of nitrogens with zero attached hydrogens (tertiary/aromatic N) is 2. The summed E-state index contributed by atoms with van der Waals surface area (Å²) in [5.74, 6) is 0.343. The first kappa shape index (κ1) is 15.3. The van der Waals surface area contributed by atoms with Crippen molar-refractivity contribution in [1.29, 1.82) is 0 Å². The van der Waals surface area contributed by atoms with Crippen LogP contribution in [0.5, 0.6) is 0 Å². The molecular weight excluding hydrogens is 318 g/mol. The maximum Gasteiger partial charge on any atom is 0.231 e. The third-order valence-electron chi connectivity index (χ3n) is 3.87. The van der Waals surface area contributed by atoms with Gasteiger partial charge in [-0.15, -0.1) is 10.2 Å². The Bertz CT molecular complexity index is 644. The van der Waals surface area contributed by atoms with Crippen molar-refractivity contribution in [2.24, 2.45) is 0 Å². The van der Waals surface area contributed by atoms with Gasteiger partial charge in [-0.2, -0.15) is 0 Å². The number of thioether (sulfide) groups is 1. The minimum atomic E-state index is -0.190. The maximum absolute atomic E-state index is 12.3. The average Bonchev–Trinajstić information content (AvgIpc) is 2.51. The van der Waals surface area contributed by atoms with Gasteiger partial charge in [0.2, 0.25) is 5.91 Å². The number of hydrogen-bond donors (Lipinski definition) is 1. The van der Waals surface area contributed by atoms with E-state index in [-0.39, 0.29) is 11.4 Å². The predicted molar refractivity (Wildman–Crippen MR) is 87.9 cm³/mol. The van der Waals surface area contributed by atoms with Gasteiger partial charge in [0.1, 0.15) is 5.03 Å². The van der Waals surface area contributed by atoms with E-state index >= 15 is 0 Å². The molecule has 2 aromatic rings. The number of carbonyl (C=O) groups excluding carboxylic acids is 1. The lowest BCUT2D eigenvalue weighted by Crippen LogP contribution is -2.51. The molecule has 1 N–H and O–H groups in total. The van der Waals surface area contributed by atoms with E-state index in [1.54, 1.807) is 12.1 Å². The standard InChI is InChI=1S/C16H16ClN3OS/c17-13-7-8-15(20-19-13)22-11-14(21)18-16(9-4-10-16)12-5-2-1-3-6-12/h1-3,5-8H,4,9-11H2,(H,18,21). The van der Waals surface area contributed by atoms with E-state index in [4.69, 9.17) is 11.6 Å². The number of carbonyl (C=O) groups is 1. The molecule has 1 aliphatic carbocycles. The monoisotopic (exact) mass is 333 g/mol. The fraction of sp³-hybridized carbons (Fsp3) is 0.312. The molecule has 1 amide bonds. The maximum atomic E-state index is 12.3. The van der Waals surface area contributed by atoms with Crippen molar-refractivity contribution in [3.63, 3.8) is 0 Å². The van der Waals surface area contributed by atoms with E-state index < -0.39 is 0 Å². The highest BCUT2D eigenvalue weighted by atomic mass is 35.5. The first-order valence-corrected chi connectivity index (χ1v) is 8.53. The molecule has 6 heteroatoms. The lowest BCUT2D eigenvalue weighted by atomic mass is 9.72. The molecule has 0 spiro atoms. The Hall–Kier alpha value is -1.59. The van der Waals surface area contributed by atoms with E-state index in [0.29, 0.717) is 15.9 Å². The van der Waals surface area contributed by atoms with Gasteiger partial charge in [0.15, 0.2) is 5.15 Å². The molecule has 0 bridgehead atoms. The highest BCUT2D eigenvalue weighted by Crippen LogP contribution is 2.41. The molecule has 0 unspecified atom stereocenters. The van der Waals surface area contributed by atoms with Gasteiger partial charge in [0, 0.05) is 0 Å². The molecule has 0 radical (unpaired) electrons. The Morgan fingerprint density at radius 3 is 2.55 bits per heavy atom. The molecule has 4 nitrogen and oxygen atoms in total. The number of aromatic nitrogens is 2. The van der Waals surface area contributed by atoms with Gasteiger partial charge < -0.3 is 5.32 Å². The third-order valence-corrected chi connectivity index (χ3v) is 4.99. The minimum absolute atomic E-state index is 0.0188. The molecule has 1 aromatic carbocycles. The first-order chi connectivity index (χ1) is 10.7. The van der Waals surface area contributed by atoms with Gasteiger partial charge in [-0.25, -0.2) is 0 Å². The topological polar surface area (TPSA) is 54.9 Å². The van der Waals surface area contributed by atoms with Crippen molar-refractivity contribution >= 4 is 29.3 Å². The Balaban J connectivity index is 1.60. The number of hydrogen-bond acceptors (Lipinski definition) is 4. The molecule has 1 saturated carbocycles. The molecule has 114 valence electrons. The molecule has 22 heavy (non-hydrogen) atoms. The zero-order chi connectivity index (χ0) is 15.4. The van der Waals surface area contributed by atoms with Gasteiger partial charge in [-0.1, -0.05) is 53.7 Å². The van der Waals surface area contributed by atoms with Crippen molar-refractivity contribution in [3.8, 4) is 0 Å². The Kier molecular flexibility index (Phi) is 4.64. The molecule has 3 rings (SSSR count). The highest BCUT2D eigenvalue weighted by molar-refractivity contribution is 7.99. The van der Waals surface area contributed by atoms with Crippen molar-refractivity contribution < 1.29 is 4.79 Å². The summed E-state index contributed by atoms with van der Waals surface area (Å²) >= 11 is 7.06. The predicted octanol–water partition coefficient (Wildman–Crippen LogP) is 3.42. The molecular formula is C16H16ClN3OS. The van der Waals surface area contributed by atoms with Crippen LogP contribution in [0.3, 0.4) is 0 Å². The average molecular weight is 334 g/mol. The van der Waals surface area contributed by atoms with Gasteiger partial charge in [-0.3, -0.25) is 4.79 Å². The van der Waals surface area contributed by atoms with Gasteiger partial charge in [0.25, 0.3) is 0 Å². The fourth-order valence-electron chi connectivity index (χ4n) is 2.60. The van der Waals surface area contributed by atoms with Crippen molar-refractivity contribution in [1.82, 2.24) is 15.5 Å². The number of nitrogens with one attached hydrogen (secondary N) is 1. The first-order valence-electron chi connectivity index (χ1n) is 7.17. The van der Waals surface area contributed by atoms with E-state index in [0.717, 1.165) is 19.3 Å². The van der Waals surface area contributed by atoms with Crippen LogP contribution < -0.4 is 5.32 Å². The molecule has 0 aliphatic heterocycles. The van der Waals surface area contributed by atoms with Crippen LogP contribution in [0.25, 0.3) is 0 Å². The quantitative estimate of drug-likeness (QED) is 0.852. The zero-order valence-corrected chi connectivity index (χ0v) is 13.5. The number of amides is 1. The van der Waals surface area contributed by atoms with Crippen LogP contribution in [0.4, 0.5) is 0 Å². The molecule has 0 saturated heterocycles. The van der Waals surface area contributed by atoms with Crippen LogP contribution in [0, 0.1) is 0 Å². The third kappa shape index (κ3) is 3.42. The SMILES string of the molecule is O=C(CSc1ccc(Cl)nn1)NC1(c2ccccc2)CCC1. The fourth-order valence-corrected chi connectivity index (χ4v) is 3.31. The van der Waals surface area contributed by atoms with Gasteiger partial charge in [0.05, 0.1) is 11.3 Å². The second-order valence-corrected chi connectivity index (χ2v) is 6.72. The summed E-state index contributed by atoms with van der Waals surface area (Å²) in [7, 11) is 0. The van der Waals surface area contributed by atoms with E-state index in [2.05, 4.69) is 27.6 Å². The van der Waals surface area contributed by atoms with E-state index in [1.165, 1.54) is 17.3 Å². The number of rotatable bonds is 5. The summed E-state index contributed by atoms with van der Waals surface area (Å²) in [6, 6.07) is 13.6. The summed E-state index contributed by atoms with van der Waals surface area (Å²) in [5, 5.41) is 12.0. The van der Waals surface area contributed by atoms with Crippen LogP contribution >= 0.6 is 23.4 Å². The molecule has 1 aliphatic rings. The smallest absolute Gasteiger partial charge is 0.231 e. The molecule has 1 fully saturated rings. The van der Waals surface area contributed by atoms with Crippen LogP contribution in [-0.4, -0.2) is 21.9 Å². The van der Waals surface area contributed by atoms with Crippen molar-refractivity contribution in [3.05, 3.63) is 53.2 Å². The summed E-state index contributed by atoms with van der Waals surface area (Å²) in [5.41, 5.74) is 0.996. The minimum Gasteiger partial charge on any atom is -0.346 e. The van der Waals surface area contributed by atoms with E-state index in [9.17, 15) is 4.79 Å². The Labute approximate surface area is 138 Å². The summed E-state index contributed by atoms with van der Waals surface area (Å²) in [6.07, 6.45) is 3.13. The van der Waals surface area contributed by atoms with Crippen molar-refractivity contribution in [2.45, 2.75) is 29.8 Å². The molecule has 0 atom stereocenters. The lowest BCUT2D eigenvalue weighted by molar-refractivity contribution is -0.121. The van der Waals surface area contributed by atoms with Crippen LogP contribution in [0.2, 0.25) is 5.15 Å². The largest absolute Gasteiger partial charge is 0.346 e. The van der Waals surface area contributed by atoms with Crippen LogP contribution in [0.15, 0.2) is 47.5 Å². The second-order valence-electron chi connectivity index (χ2n) is 5.33. The molecule has 1 aromatic heterocycles. The highest BCUT2D eigenvalue weighted by Gasteiger charge is 2.39. The van der Waals surface area contributed by atoms with Gasteiger partial charge >= 0.3 is 0 Å². The molecule has 1 heterocycles. The van der Waals surface area contributed by atoms with Crippen LogP contribution in [0.1, 0.15) is 24.8 Å². The van der Waals surface area contributed by atoms with E-state index in [1.807, 2.05) is 18.2 Å². The Morgan fingerprint density at radius 1 is 1.18 bits per heavy atom. The Morgan fingerprint density at radius 2 is 1.95 bits per heavy atom. The summed E-state index contributed by atoms with van der Waals surface area (Å²) in [4.78, 5) is 12.3. The lowest BCUT2D eigenvalue weighted by Gasteiger charge is -2.43. The second kappa shape index (κ2) is 6.67. The summed E-state index contributed by atoms with van der Waals surface area (Å²) < 4.78 is 0. The van der Waals surface area contributed by atoms with Gasteiger partial charge in [-0.05, 0) is 37.0 Å². The van der Waals surface area contributed by atoms with Crippen LogP contribution in [-0.2, 0) is 10.3 Å². The van der Waals surface area contributed by atoms with Crippen molar-refractivity contribution in [2.75, 3.05) is 5.75 Å². The normalized spacial score (nSPS) is 15.9.